The zero-order valence-electron chi connectivity index (χ0n) is 16.6. The summed E-state index contributed by atoms with van der Waals surface area (Å²) >= 11 is 0. The standard InChI is InChI=1S/C20H30N2O5/c1-13(2)11-15(22-19(26)27-20(3,4)5)17(23)21-16(18(24)25)12-14-9-7-6-8-10-14/h6-10,13,15-16H,11-12H2,1-5H3,(H,21,23)(H,22,26)(H,24,25)/t15-,16+/m1/s1. The topological polar surface area (TPSA) is 105 Å². The molecule has 0 aliphatic carbocycles. The zero-order valence-corrected chi connectivity index (χ0v) is 16.6. The third kappa shape index (κ3) is 9.08. The van der Waals surface area contributed by atoms with Crippen molar-refractivity contribution in [2.75, 3.05) is 0 Å². The highest BCUT2D eigenvalue weighted by molar-refractivity contribution is 5.89. The molecule has 0 radical (unpaired) electrons. The molecule has 7 heteroatoms. The number of amides is 2. The van der Waals surface area contributed by atoms with Crippen LogP contribution in [0, 0.1) is 5.92 Å². The molecule has 0 aliphatic heterocycles. The number of aliphatic carboxylic acids is 1. The van der Waals surface area contributed by atoms with Gasteiger partial charge in [0.1, 0.15) is 17.7 Å². The Balaban J connectivity index is 2.82. The van der Waals surface area contributed by atoms with E-state index in [1.54, 1.807) is 32.9 Å². The van der Waals surface area contributed by atoms with Crippen LogP contribution in [0.1, 0.15) is 46.6 Å². The first-order chi connectivity index (χ1) is 12.5. The van der Waals surface area contributed by atoms with Crippen molar-refractivity contribution in [3.05, 3.63) is 35.9 Å². The van der Waals surface area contributed by atoms with Crippen molar-refractivity contribution in [3.63, 3.8) is 0 Å². The molecule has 0 aromatic heterocycles. The fraction of sp³-hybridized carbons (Fsp3) is 0.550. The van der Waals surface area contributed by atoms with Gasteiger partial charge in [-0.1, -0.05) is 44.2 Å². The van der Waals surface area contributed by atoms with E-state index >= 15 is 0 Å². The Morgan fingerprint density at radius 2 is 1.63 bits per heavy atom. The molecule has 0 saturated carbocycles. The van der Waals surface area contributed by atoms with Crippen LogP contribution in [0.2, 0.25) is 0 Å². The summed E-state index contributed by atoms with van der Waals surface area (Å²) in [5.41, 5.74) is 0.102. The Bertz CT molecular complexity index is 638. The highest BCUT2D eigenvalue weighted by atomic mass is 16.6. The summed E-state index contributed by atoms with van der Waals surface area (Å²) in [7, 11) is 0. The number of nitrogens with one attached hydrogen (secondary N) is 2. The van der Waals surface area contributed by atoms with E-state index in [0.717, 1.165) is 5.56 Å². The largest absolute Gasteiger partial charge is 0.480 e. The zero-order chi connectivity index (χ0) is 20.6. The van der Waals surface area contributed by atoms with Gasteiger partial charge < -0.3 is 20.5 Å². The molecule has 2 atom stereocenters. The maximum Gasteiger partial charge on any atom is 0.408 e. The number of carboxylic acid groups (broad SMARTS) is 1. The van der Waals surface area contributed by atoms with Crippen molar-refractivity contribution < 1.29 is 24.2 Å². The fourth-order valence-electron chi connectivity index (χ4n) is 2.47. The number of carbonyl (C=O) groups is 3. The predicted octanol–water partition coefficient (Wildman–Crippen LogP) is 2.74. The molecule has 0 unspecified atom stereocenters. The van der Waals surface area contributed by atoms with E-state index in [9.17, 15) is 19.5 Å². The molecule has 0 saturated heterocycles. The summed E-state index contributed by atoms with van der Waals surface area (Å²) in [6.45, 7) is 9.00. The van der Waals surface area contributed by atoms with Crippen molar-refractivity contribution >= 4 is 18.0 Å². The molecule has 1 aromatic rings. The summed E-state index contributed by atoms with van der Waals surface area (Å²) in [6, 6.07) is 7.08. The van der Waals surface area contributed by atoms with E-state index in [4.69, 9.17) is 4.74 Å². The van der Waals surface area contributed by atoms with Gasteiger partial charge in [0.15, 0.2) is 0 Å². The van der Waals surface area contributed by atoms with E-state index in [1.807, 2.05) is 32.0 Å². The summed E-state index contributed by atoms with van der Waals surface area (Å²) in [5, 5.41) is 14.5. The minimum absolute atomic E-state index is 0.119. The number of hydrogen-bond acceptors (Lipinski definition) is 4. The second-order valence-corrected chi connectivity index (χ2v) is 7.92. The molecule has 1 aromatic carbocycles. The van der Waals surface area contributed by atoms with Crippen molar-refractivity contribution in [3.8, 4) is 0 Å². The first kappa shape index (κ1) is 22.5. The summed E-state index contributed by atoms with van der Waals surface area (Å²) in [4.78, 5) is 36.2. The Labute approximate surface area is 160 Å². The molecule has 7 nitrogen and oxygen atoms in total. The molecule has 0 heterocycles. The molecule has 0 fully saturated rings. The molecule has 0 aliphatic rings. The van der Waals surface area contributed by atoms with Crippen LogP contribution in [0.5, 0.6) is 0 Å². The van der Waals surface area contributed by atoms with Crippen LogP contribution in [0.4, 0.5) is 4.79 Å². The monoisotopic (exact) mass is 378 g/mol. The van der Waals surface area contributed by atoms with Crippen LogP contribution in [0.25, 0.3) is 0 Å². The van der Waals surface area contributed by atoms with Crippen LogP contribution in [-0.4, -0.2) is 40.8 Å². The Hall–Kier alpha value is -2.57. The van der Waals surface area contributed by atoms with Gasteiger partial charge >= 0.3 is 12.1 Å². The van der Waals surface area contributed by atoms with Gasteiger partial charge in [0.05, 0.1) is 0 Å². The third-order valence-electron chi connectivity index (χ3n) is 3.61. The smallest absolute Gasteiger partial charge is 0.408 e. The average Bonchev–Trinajstić information content (AvgIpc) is 2.52. The van der Waals surface area contributed by atoms with E-state index in [0.29, 0.717) is 6.42 Å². The Kier molecular flexibility index (Phi) is 8.28. The van der Waals surface area contributed by atoms with Crippen molar-refractivity contribution in [2.45, 2.75) is 65.1 Å². The SMILES string of the molecule is CC(C)C[C@@H](NC(=O)OC(C)(C)C)C(=O)N[C@@H](Cc1ccccc1)C(=O)O. The van der Waals surface area contributed by atoms with Gasteiger partial charge in [0, 0.05) is 6.42 Å². The fourth-order valence-corrected chi connectivity index (χ4v) is 2.47. The maximum absolute atomic E-state index is 12.6. The number of hydrogen-bond donors (Lipinski definition) is 3. The molecule has 150 valence electrons. The van der Waals surface area contributed by atoms with Crippen molar-refractivity contribution in [1.82, 2.24) is 10.6 Å². The number of rotatable bonds is 8. The molecule has 0 bridgehead atoms. The van der Waals surface area contributed by atoms with E-state index < -0.39 is 35.7 Å². The molecule has 27 heavy (non-hydrogen) atoms. The van der Waals surface area contributed by atoms with Crippen LogP contribution >= 0.6 is 0 Å². The van der Waals surface area contributed by atoms with Crippen molar-refractivity contribution in [2.24, 2.45) is 5.92 Å². The summed E-state index contributed by atoms with van der Waals surface area (Å²) in [5.74, 6) is -1.56. The molecular weight excluding hydrogens is 348 g/mol. The predicted molar refractivity (Wildman–Crippen MR) is 102 cm³/mol. The lowest BCUT2D eigenvalue weighted by molar-refractivity contribution is -0.142. The number of ether oxygens (including phenoxy) is 1. The molecule has 1 rings (SSSR count). The van der Waals surface area contributed by atoms with Crippen LogP contribution in [0.3, 0.4) is 0 Å². The van der Waals surface area contributed by atoms with Gasteiger partial charge in [-0.3, -0.25) is 4.79 Å². The normalized spacial score (nSPS) is 13.6. The average molecular weight is 378 g/mol. The minimum atomic E-state index is -1.13. The lowest BCUT2D eigenvalue weighted by Gasteiger charge is -2.25. The van der Waals surface area contributed by atoms with E-state index in [-0.39, 0.29) is 12.3 Å². The molecule has 3 N–H and O–H groups in total. The molecular formula is C20H30N2O5. The number of benzene rings is 1. The lowest BCUT2D eigenvalue weighted by atomic mass is 10.0. The van der Waals surface area contributed by atoms with Gasteiger partial charge in [-0.2, -0.15) is 0 Å². The Morgan fingerprint density at radius 1 is 1.04 bits per heavy atom. The van der Waals surface area contributed by atoms with Gasteiger partial charge in [-0.05, 0) is 38.7 Å². The van der Waals surface area contributed by atoms with Crippen LogP contribution < -0.4 is 10.6 Å². The number of carbonyl (C=O) groups excluding carboxylic acids is 2. The quantitative estimate of drug-likeness (QED) is 0.645. The number of carboxylic acids is 1. The van der Waals surface area contributed by atoms with Gasteiger partial charge in [-0.15, -0.1) is 0 Å². The van der Waals surface area contributed by atoms with Gasteiger partial charge in [-0.25, -0.2) is 9.59 Å². The summed E-state index contributed by atoms with van der Waals surface area (Å²) < 4.78 is 5.20. The number of alkyl carbamates (subject to hydrolysis) is 1. The molecule has 2 amide bonds. The van der Waals surface area contributed by atoms with E-state index in [1.165, 1.54) is 0 Å². The minimum Gasteiger partial charge on any atom is -0.480 e. The first-order valence-corrected chi connectivity index (χ1v) is 9.04. The van der Waals surface area contributed by atoms with Crippen molar-refractivity contribution in [1.29, 1.82) is 0 Å². The second-order valence-electron chi connectivity index (χ2n) is 7.92. The second kappa shape index (κ2) is 9.94. The first-order valence-electron chi connectivity index (χ1n) is 9.04. The lowest BCUT2D eigenvalue weighted by Crippen LogP contribution is -2.53. The van der Waals surface area contributed by atoms with Gasteiger partial charge in [0.25, 0.3) is 0 Å². The van der Waals surface area contributed by atoms with Crippen LogP contribution in [0.15, 0.2) is 30.3 Å². The van der Waals surface area contributed by atoms with Gasteiger partial charge in [0.2, 0.25) is 5.91 Å². The highest BCUT2D eigenvalue weighted by Gasteiger charge is 2.28. The highest BCUT2D eigenvalue weighted by Crippen LogP contribution is 2.10. The van der Waals surface area contributed by atoms with Crippen LogP contribution in [-0.2, 0) is 20.7 Å². The molecule has 0 spiro atoms. The Morgan fingerprint density at radius 3 is 2.11 bits per heavy atom. The maximum atomic E-state index is 12.6. The summed E-state index contributed by atoms with van der Waals surface area (Å²) in [6.07, 6.45) is -0.191. The van der Waals surface area contributed by atoms with E-state index in [2.05, 4.69) is 10.6 Å². The third-order valence-corrected chi connectivity index (χ3v) is 3.61.